The van der Waals surface area contributed by atoms with Gasteiger partial charge in [-0.3, -0.25) is 0 Å². The number of nitrogens with zero attached hydrogens (tertiary/aromatic N) is 1. The van der Waals surface area contributed by atoms with E-state index in [9.17, 15) is 0 Å². The van der Waals surface area contributed by atoms with Crippen LogP contribution in [0.1, 0.15) is 11.1 Å². The molecular weight excluding hydrogens is 248 g/mol. The fourth-order valence-corrected chi connectivity index (χ4v) is 2.96. The van der Waals surface area contributed by atoms with Crippen LogP contribution in [0, 0.1) is 5.92 Å². The SMILES string of the molecule is c1ccc2c(c1)CC(Cc1ccc3nc[nH]c3c1)CO2. The summed E-state index contributed by atoms with van der Waals surface area (Å²) in [7, 11) is 0. The number of nitrogens with one attached hydrogen (secondary N) is 1. The number of ether oxygens (including phenoxy) is 1. The van der Waals surface area contributed by atoms with E-state index in [4.69, 9.17) is 4.74 Å². The van der Waals surface area contributed by atoms with Gasteiger partial charge in [0.2, 0.25) is 0 Å². The molecule has 0 bridgehead atoms. The van der Waals surface area contributed by atoms with Crippen LogP contribution in [-0.2, 0) is 12.8 Å². The summed E-state index contributed by atoms with van der Waals surface area (Å²) in [6.45, 7) is 0.804. The molecule has 3 nitrogen and oxygen atoms in total. The highest BCUT2D eigenvalue weighted by molar-refractivity contribution is 5.75. The number of para-hydroxylation sites is 1. The fourth-order valence-electron chi connectivity index (χ4n) is 2.96. The van der Waals surface area contributed by atoms with Crippen molar-refractivity contribution < 1.29 is 4.74 Å². The van der Waals surface area contributed by atoms with E-state index in [1.54, 1.807) is 6.33 Å². The maximum atomic E-state index is 5.86. The average Bonchev–Trinajstić information content (AvgIpc) is 2.95. The number of benzene rings is 2. The molecule has 0 radical (unpaired) electrons. The molecule has 1 atom stereocenters. The topological polar surface area (TPSA) is 37.9 Å². The minimum atomic E-state index is 0.547. The van der Waals surface area contributed by atoms with E-state index < -0.39 is 0 Å². The summed E-state index contributed by atoms with van der Waals surface area (Å²) in [5.74, 6) is 1.60. The average molecular weight is 264 g/mol. The van der Waals surface area contributed by atoms with Gasteiger partial charge in [-0.1, -0.05) is 24.3 Å². The summed E-state index contributed by atoms with van der Waals surface area (Å²) in [6.07, 6.45) is 3.88. The number of rotatable bonds is 2. The highest BCUT2D eigenvalue weighted by Gasteiger charge is 2.19. The number of aromatic amines is 1. The normalized spacial score (nSPS) is 17.7. The van der Waals surface area contributed by atoms with E-state index in [1.807, 2.05) is 6.07 Å². The first-order chi connectivity index (χ1) is 9.88. The van der Waals surface area contributed by atoms with E-state index in [0.717, 1.165) is 36.2 Å². The predicted molar refractivity (Wildman–Crippen MR) is 78.9 cm³/mol. The summed E-state index contributed by atoms with van der Waals surface area (Å²) >= 11 is 0. The Hall–Kier alpha value is -2.29. The minimum absolute atomic E-state index is 0.547. The summed E-state index contributed by atoms with van der Waals surface area (Å²) < 4.78 is 5.86. The Labute approximate surface area is 117 Å². The van der Waals surface area contributed by atoms with Crippen LogP contribution in [0.15, 0.2) is 48.8 Å². The van der Waals surface area contributed by atoms with Gasteiger partial charge in [-0.15, -0.1) is 0 Å². The van der Waals surface area contributed by atoms with Gasteiger partial charge in [-0.05, 0) is 42.2 Å². The molecule has 1 aromatic heterocycles. The lowest BCUT2D eigenvalue weighted by Crippen LogP contribution is -2.22. The van der Waals surface area contributed by atoms with Crippen molar-refractivity contribution in [3.8, 4) is 5.75 Å². The molecule has 0 amide bonds. The van der Waals surface area contributed by atoms with Gasteiger partial charge in [0.25, 0.3) is 0 Å². The first-order valence-electron chi connectivity index (χ1n) is 7.01. The Morgan fingerprint density at radius 3 is 3.15 bits per heavy atom. The van der Waals surface area contributed by atoms with Crippen LogP contribution in [0.4, 0.5) is 0 Å². The van der Waals surface area contributed by atoms with Crippen molar-refractivity contribution >= 4 is 11.0 Å². The van der Waals surface area contributed by atoms with Gasteiger partial charge in [0.15, 0.2) is 0 Å². The second kappa shape index (κ2) is 4.67. The van der Waals surface area contributed by atoms with Crippen molar-refractivity contribution in [3.63, 3.8) is 0 Å². The Morgan fingerprint density at radius 2 is 2.15 bits per heavy atom. The molecule has 1 aliphatic rings. The largest absolute Gasteiger partial charge is 0.493 e. The van der Waals surface area contributed by atoms with Crippen molar-refractivity contribution in [1.29, 1.82) is 0 Å². The molecule has 20 heavy (non-hydrogen) atoms. The summed E-state index contributed by atoms with van der Waals surface area (Å²) in [6, 6.07) is 14.8. The lowest BCUT2D eigenvalue weighted by atomic mass is 9.91. The molecule has 1 unspecified atom stereocenters. The number of fused-ring (bicyclic) bond motifs is 2. The van der Waals surface area contributed by atoms with Gasteiger partial charge in [0.05, 0.1) is 24.0 Å². The van der Waals surface area contributed by atoms with Crippen molar-refractivity contribution in [2.45, 2.75) is 12.8 Å². The van der Waals surface area contributed by atoms with Crippen molar-refractivity contribution in [2.24, 2.45) is 5.92 Å². The molecule has 0 saturated carbocycles. The van der Waals surface area contributed by atoms with Crippen LogP contribution >= 0.6 is 0 Å². The van der Waals surface area contributed by atoms with Gasteiger partial charge >= 0.3 is 0 Å². The Morgan fingerprint density at radius 1 is 1.20 bits per heavy atom. The second-order valence-electron chi connectivity index (χ2n) is 5.45. The molecule has 2 aromatic carbocycles. The van der Waals surface area contributed by atoms with E-state index in [2.05, 4.69) is 46.4 Å². The zero-order valence-electron chi connectivity index (χ0n) is 11.2. The molecule has 3 aromatic rings. The van der Waals surface area contributed by atoms with Gasteiger partial charge in [0.1, 0.15) is 5.75 Å². The van der Waals surface area contributed by atoms with Gasteiger partial charge in [-0.2, -0.15) is 0 Å². The lowest BCUT2D eigenvalue weighted by molar-refractivity contribution is 0.221. The van der Waals surface area contributed by atoms with Crippen molar-refractivity contribution in [3.05, 3.63) is 59.9 Å². The van der Waals surface area contributed by atoms with Crippen LogP contribution in [0.25, 0.3) is 11.0 Å². The van der Waals surface area contributed by atoms with E-state index >= 15 is 0 Å². The first kappa shape index (κ1) is 11.5. The van der Waals surface area contributed by atoms with E-state index in [-0.39, 0.29) is 0 Å². The molecule has 2 heterocycles. The van der Waals surface area contributed by atoms with E-state index in [1.165, 1.54) is 11.1 Å². The molecule has 0 spiro atoms. The fraction of sp³-hybridized carbons (Fsp3) is 0.235. The number of aromatic nitrogens is 2. The van der Waals surface area contributed by atoms with Crippen LogP contribution in [0.2, 0.25) is 0 Å². The zero-order valence-corrected chi connectivity index (χ0v) is 11.2. The summed E-state index contributed by atoms with van der Waals surface area (Å²) in [5, 5.41) is 0. The maximum absolute atomic E-state index is 5.86. The van der Waals surface area contributed by atoms with Crippen LogP contribution in [0.3, 0.4) is 0 Å². The smallest absolute Gasteiger partial charge is 0.122 e. The zero-order chi connectivity index (χ0) is 13.4. The van der Waals surface area contributed by atoms with Gasteiger partial charge in [-0.25, -0.2) is 4.98 Å². The minimum Gasteiger partial charge on any atom is -0.493 e. The molecular formula is C17H16N2O. The van der Waals surface area contributed by atoms with E-state index in [0.29, 0.717) is 5.92 Å². The molecule has 0 aliphatic carbocycles. The summed E-state index contributed by atoms with van der Waals surface area (Å²) in [4.78, 5) is 7.43. The molecule has 4 rings (SSSR count). The van der Waals surface area contributed by atoms with Crippen molar-refractivity contribution in [2.75, 3.05) is 6.61 Å². The maximum Gasteiger partial charge on any atom is 0.122 e. The number of H-pyrrole nitrogens is 1. The summed E-state index contributed by atoms with van der Waals surface area (Å²) in [5.41, 5.74) is 4.81. The molecule has 0 saturated heterocycles. The molecule has 3 heteroatoms. The second-order valence-corrected chi connectivity index (χ2v) is 5.45. The van der Waals surface area contributed by atoms with Gasteiger partial charge in [0, 0.05) is 5.92 Å². The predicted octanol–water partition coefficient (Wildman–Crippen LogP) is 3.36. The molecule has 0 fully saturated rings. The molecule has 1 aliphatic heterocycles. The third-order valence-corrected chi connectivity index (χ3v) is 3.96. The third-order valence-electron chi connectivity index (χ3n) is 3.96. The third kappa shape index (κ3) is 2.05. The molecule has 100 valence electrons. The first-order valence-corrected chi connectivity index (χ1v) is 7.01. The van der Waals surface area contributed by atoms with Gasteiger partial charge < -0.3 is 9.72 Å². The number of imidazole rings is 1. The lowest BCUT2D eigenvalue weighted by Gasteiger charge is -2.25. The van der Waals surface area contributed by atoms with Crippen molar-refractivity contribution in [1.82, 2.24) is 9.97 Å². The highest BCUT2D eigenvalue weighted by Crippen LogP contribution is 2.28. The monoisotopic (exact) mass is 264 g/mol. The molecule has 1 N–H and O–H groups in total. The van der Waals surface area contributed by atoms with Crippen LogP contribution in [-0.4, -0.2) is 16.6 Å². The number of hydrogen-bond acceptors (Lipinski definition) is 2. The standard InChI is InChI=1S/C17H16N2O/c1-2-4-17-14(3-1)8-13(10-20-17)7-12-5-6-15-16(9-12)19-11-18-15/h1-6,9,11,13H,7-8,10H2,(H,18,19). The highest BCUT2D eigenvalue weighted by atomic mass is 16.5. The number of hydrogen-bond donors (Lipinski definition) is 1. The van der Waals surface area contributed by atoms with Crippen LogP contribution in [0.5, 0.6) is 5.75 Å². The Kier molecular flexibility index (Phi) is 2.69. The Balaban J connectivity index is 1.55. The Bertz CT molecular complexity index is 747. The van der Waals surface area contributed by atoms with Crippen LogP contribution < -0.4 is 4.74 Å². The quantitative estimate of drug-likeness (QED) is 0.770.